The minimum absolute atomic E-state index is 0.462. The van der Waals surface area contributed by atoms with Crippen LogP contribution in [0.3, 0.4) is 0 Å². The summed E-state index contributed by atoms with van der Waals surface area (Å²) in [5.41, 5.74) is 3.89. The van der Waals surface area contributed by atoms with Gasteiger partial charge in [-0.2, -0.15) is 0 Å². The molecule has 0 spiro atoms. The predicted octanol–water partition coefficient (Wildman–Crippen LogP) is 5.18. The monoisotopic (exact) mass is 317 g/mol. The molecule has 2 aromatic carbocycles. The van der Waals surface area contributed by atoms with Crippen molar-refractivity contribution in [1.82, 2.24) is 5.32 Å². The predicted molar refractivity (Wildman–Crippen MR) is 86.3 cm³/mol. The van der Waals surface area contributed by atoms with Crippen LogP contribution in [0.25, 0.3) is 11.1 Å². The molecule has 0 heterocycles. The SMILES string of the molecule is CCNC(CC)c1ccc(-c2ccc(Br)cc2)cc1. The zero-order valence-corrected chi connectivity index (χ0v) is 13.1. The van der Waals surface area contributed by atoms with E-state index >= 15 is 0 Å². The van der Waals surface area contributed by atoms with Gasteiger partial charge in [0.2, 0.25) is 0 Å². The number of nitrogens with one attached hydrogen (secondary N) is 1. The highest BCUT2D eigenvalue weighted by Gasteiger charge is 2.07. The van der Waals surface area contributed by atoms with Gasteiger partial charge in [-0.15, -0.1) is 0 Å². The number of benzene rings is 2. The van der Waals surface area contributed by atoms with Crippen LogP contribution in [0, 0.1) is 0 Å². The van der Waals surface area contributed by atoms with Gasteiger partial charge in [0.1, 0.15) is 0 Å². The maximum Gasteiger partial charge on any atom is 0.0317 e. The summed E-state index contributed by atoms with van der Waals surface area (Å²) in [7, 11) is 0. The summed E-state index contributed by atoms with van der Waals surface area (Å²) in [6.07, 6.45) is 1.12. The molecular weight excluding hydrogens is 298 g/mol. The topological polar surface area (TPSA) is 12.0 Å². The fraction of sp³-hybridized carbons (Fsp3) is 0.294. The van der Waals surface area contributed by atoms with E-state index in [1.165, 1.54) is 16.7 Å². The number of rotatable bonds is 5. The Balaban J connectivity index is 2.20. The zero-order valence-electron chi connectivity index (χ0n) is 11.5. The van der Waals surface area contributed by atoms with Crippen LogP contribution in [0.2, 0.25) is 0 Å². The smallest absolute Gasteiger partial charge is 0.0317 e. The van der Waals surface area contributed by atoms with Crippen molar-refractivity contribution < 1.29 is 0 Å². The van der Waals surface area contributed by atoms with Crippen molar-refractivity contribution >= 4 is 15.9 Å². The molecule has 2 aromatic rings. The fourth-order valence-electron chi connectivity index (χ4n) is 2.29. The molecule has 0 aliphatic rings. The van der Waals surface area contributed by atoms with Gasteiger partial charge in [0.25, 0.3) is 0 Å². The Morgan fingerprint density at radius 1 is 0.895 bits per heavy atom. The van der Waals surface area contributed by atoms with Crippen LogP contribution < -0.4 is 5.32 Å². The Morgan fingerprint density at radius 3 is 1.89 bits per heavy atom. The molecule has 1 N–H and O–H groups in total. The van der Waals surface area contributed by atoms with Crippen molar-refractivity contribution in [3.63, 3.8) is 0 Å². The van der Waals surface area contributed by atoms with E-state index in [0.29, 0.717) is 6.04 Å². The first-order valence-corrected chi connectivity index (χ1v) is 7.63. The van der Waals surface area contributed by atoms with Crippen molar-refractivity contribution in [1.29, 1.82) is 0 Å². The average Bonchev–Trinajstić information content (AvgIpc) is 2.46. The number of halogens is 1. The highest BCUT2D eigenvalue weighted by atomic mass is 79.9. The summed E-state index contributed by atoms with van der Waals surface area (Å²) in [5, 5.41) is 3.51. The van der Waals surface area contributed by atoms with Crippen LogP contribution in [0.5, 0.6) is 0 Å². The second-order valence-electron chi connectivity index (χ2n) is 4.65. The number of hydrogen-bond donors (Lipinski definition) is 1. The molecule has 1 unspecified atom stereocenters. The summed E-state index contributed by atoms with van der Waals surface area (Å²) in [6.45, 7) is 5.38. The van der Waals surface area contributed by atoms with Gasteiger partial charge in [-0.3, -0.25) is 0 Å². The van der Waals surface area contributed by atoms with Crippen LogP contribution in [0.1, 0.15) is 31.9 Å². The first-order chi connectivity index (χ1) is 9.24. The summed E-state index contributed by atoms with van der Waals surface area (Å²) in [6, 6.07) is 17.8. The molecule has 1 nitrogen and oxygen atoms in total. The third-order valence-electron chi connectivity index (χ3n) is 3.35. The maximum absolute atomic E-state index is 3.51. The Labute approximate surface area is 124 Å². The van der Waals surface area contributed by atoms with E-state index in [4.69, 9.17) is 0 Å². The average molecular weight is 318 g/mol. The second-order valence-corrected chi connectivity index (χ2v) is 5.56. The molecule has 0 amide bonds. The first kappa shape index (κ1) is 14.3. The summed E-state index contributed by atoms with van der Waals surface area (Å²) in [4.78, 5) is 0. The van der Waals surface area contributed by atoms with Crippen LogP contribution in [0.15, 0.2) is 53.0 Å². The molecule has 0 aliphatic heterocycles. The number of hydrogen-bond acceptors (Lipinski definition) is 1. The quantitative estimate of drug-likeness (QED) is 0.801. The third kappa shape index (κ3) is 3.68. The van der Waals surface area contributed by atoms with Crippen molar-refractivity contribution in [2.24, 2.45) is 0 Å². The van der Waals surface area contributed by atoms with Crippen LogP contribution in [0.4, 0.5) is 0 Å². The van der Waals surface area contributed by atoms with Crippen LogP contribution in [-0.4, -0.2) is 6.54 Å². The van der Waals surface area contributed by atoms with Gasteiger partial charge in [-0.05, 0) is 41.8 Å². The molecule has 0 saturated heterocycles. The van der Waals surface area contributed by atoms with E-state index in [1.54, 1.807) is 0 Å². The first-order valence-electron chi connectivity index (χ1n) is 6.84. The van der Waals surface area contributed by atoms with Crippen molar-refractivity contribution in [3.8, 4) is 11.1 Å². The molecule has 0 fully saturated rings. The van der Waals surface area contributed by atoms with E-state index in [2.05, 4.69) is 83.6 Å². The molecule has 19 heavy (non-hydrogen) atoms. The van der Waals surface area contributed by atoms with Gasteiger partial charge in [0, 0.05) is 10.5 Å². The minimum atomic E-state index is 0.462. The lowest BCUT2D eigenvalue weighted by molar-refractivity contribution is 0.537. The summed E-state index contributed by atoms with van der Waals surface area (Å²) in [5.74, 6) is 0. The van der Waals surface area contributed by atoms with Gasteiger partial charge in [-0.1, -0.05) is 66.2 Å². The van der Waals surface area contributed by atoms with Crippen LogP contribution >= 0.6 is 15.9 Å². The highest BCUT2D eigenvalue weighted by Crippen LogP contribution is 2.24. The lowest BCUT2D eigenvalue weighted by Crippen LogP contribution is -2.19. The molecule has 0 saturated carbocycles. The standard InChI is InChI=1S/C17H20BrN/c1-3-17(19-4-2)15-7-5-13(6-8-15)14-9-11-16(18)12-10-14/h5-12,17,19H,3-4H2,1-2H3. The Kier molecular flexibility index (Phi) is 5.17. The summed E-state index contributed by atoms with van der Waals surface area (Å²) >= 11 is 3.47. The normalized spacial score (nSPS) is 12.4. The van der Waals surface area contributed by atoms with Gasteiger partial charge >= 0.3 is 0 Å². The highest BCUT2D eigenvalue weighted by molar-refractivity contribution is 9.10. The van der Waals surface area contributed by atoms with Gasteiger partial charge in [-0.25, -0.2) is 0 Å². The van der Waals surface area contributed by atoms with E-state index in [-0.39, 0.29) is 0 Å². The Morgan fingerprint density at radius 2 is 1.42 bits per heavy atom. The molecule has 2 rings (SSSR count). The maximum atomic E-state index is 3.51. The fourth-order valence-corrected chi connectivity index (χ4v) is 2.56. The molecule has 0 aromatic heterocycles. The van der Waals surface area contributed by atoms with Crippen molar-refractivity contribution in [2.45, 2.75) is 26.3 Å². The molecular formula is C17H20BrN. The largest absolute Gasteiger partial charge is 0.310 e. The summed E-state index contributed by atoms with van der Waals surface area (Å²) < 4.78 is 1.12. The van der Waals surface area contributed by atoms with E-state index in [0.717, 1.165) is 17.4 Å². The van der Waals surface area contributed by atoms with Crippen molar-refractivity contribution in [3.05, 3.63) is 58.6 Å². The second kappa shape index (κ2) is 6.88. The minimum Gasteiger partial charge on any atom is -0.310 e. The van der Waals surface area contributed by atoms with Gasteiger partial charge in [0.15, 0.2) is 0 Å². The van der Waals surface area contributed by atoms with E-state index in [9.17, 15) is 0 Å². The Bertz CT molecular complexity index is 502. The van der Waals surface area contributed by atoms with E-state index < -0.39 is 0 Å². The lowest BCUT2D eigenvalue weighted by atomic mass is 9.99. The molecule has 1 atom stereocenters. The molecule has 0 radical (unpaired) electrons. The zero-order chi connectivity index (χ0) is 13.7. The third-order valence-corrected chi connectivity index (χ3v) is 3.88. The molecule has 0 aliphatic carbocycles. The van der Waals surface area contributed by atoms with E-state index in [1.807, 2.05) is 0 Å². The molecule has 100 valence electrons. The lowest BCUT2D eigenvalue weighted by Gasteiger charge is -2.16. The van der Waals surface area contributed by atoms with Gasteiger partial charge < -0.3 is 5.32 Å². The van der Waals surface area contributed by atoms with Crippen LogP contribution in [-0.2, 0) is 0 Å². The molecule has 0 bridgehead atoms. The Hall–Kier alpha value is -1.12. The molecule has 2 heteroatoms. The van der Waals surface area contributed by atoms with Crippen molar-refractivity contribution in [2.75, 3.05) is 6.54 Å². The van der Waals surface area contributed by atoms with Gasteiger partial charge in [0.05, 0.1) is 0 Å².